The summed E-state index contributed by atoms with van der Waals surface area (Å²) >= 11 is 0. The quantitative estimate of drug-likeness (QED) is 0.886. The number of hydrogen-bond donors (Lipinski definition) is 2. The van der Waals surface area contributed by atoms with Crippen LogP contribution in [-0.4, -0.2) is 40.9 Å². The van der Waals surface area contributed by atoms with Gasteiger partial charge in [-0.2, -0.15) is 13.2 Å². The molecule has 5 nitrogen and oxygen atoms in total. The Balaban J connectivity index is 2.12. The van der Waals surface area contributed by atoms with Crippen LogP contribution >= 0.6 is 0 Å². The highest BCUT2D eigenvalue weighted by molar-refractivity contribution is 5.98. The van der Waals surface area contributed by atoms with Gasteiger partial charge in [0.15, 0.2) is 0 Å². The van der Waals surface area contributed by atoms with Gasteiger partial charge in [-0.3, -0.25) is 0 Å². The maximum absolute atomic E-state index is 13.2. The predicted molar refractivity (Wildman–Crippen MR) is 85.7 cm³/mol. The number of carboxylic acid groups (broad SMARTS) is 1. The fourth-order valence-electron chi connectivity index (χ4n) is 3.10. The normalized spacial score (nSPS) is 16.4. The van der Waals surface area contributed by atoms with Crippen LogP contribution in [0.15, 0.2) is 24.3 Å². The van der Waals surface area contributed by atoms with Crippen molar-refractivity contribution in [3.63, 3.8) is 0 Å². The highest BCUT2D eigenvalue weighted by Gasteiger charge is 2.34. The van der Waals surface area contributed by atoms with Crippen molar-refractivity contribution < 1.29 is 28.2 Å². The molecule has 0 bridgehead atoms. The van der Waals surface area contributed by atoms with Gasteiger partial charge in [0.25, 0.3) is 0 Å². The fourth-order valence-corrected chi connectivity index (χ4v) is 3.10. The van der Waals surface area contributed by atoms with E-state index in [-0.39, 0.29) is 23.6 Å². The van der Waals surface area contributed by atoms with Gasteiger partial charge in [0, 0.05) is 30.8 Å². The number of aromatic nitrogens is 1. The van der Waals surface area contributed by atoms with Gasteiger partial charge in [-0.1, -0.05) is 0 Å². The van der Waals surface area contributed by atoms with Crippen molar-refractivity contribution in [1.82, 2.24) is 4.98 Å². The second-order valence-corrected chi connectivity index (χ2v) is 6.17. The summed E-state index contributed by atoms with van der Waals surface area (Å²) in [6.07, 6.45) is -3.25. The lowest BCUT2D eigenvalue weighted by atomic mass is 9.96. The van der Waals surface area contributed by atoms with Gasteiger partial charge in [0.2, 0.25) is 0 Å². The maximum atomic E-state index is 13.2. The molecule has 2 aromatic rings. The summed E-state index contributed by atoms with van der Waals surface area (Å²) in [6, 6.07) is 4.89. The lowest BCUT2D eigenvalue weighted by Gasteiger charge is -2.33. The Kier molecular flexibility index (Phi) is 4.55. The summed E-state index contributed by atoms with van der Waals surface area (Å²) in [5.41, 5.74) is -0.557. The number of fused-ring (bicyclic) bond motifs is 1. The Morgan fingerprint density at radius 1 is 1.24 bits per heavy atom. The molecule has 3 rings (SSSR count). The molecule has 1 saturated heterocycles. The molecule has 0 spiro atoms. The third-order valence-corrected chi connectivity index (χ3v) is 4.54. The third kappa shape index (κ3) is 3.53. The summed E-state index contributed by atoms with van der Waals surface area (Å²) in [7, 11) is 0. The van der Waals surface area contributed by atoms with E-state index in [9.17, 15) is 23.1 Å². The zero-order valence-corrected chi connectivity index (χ0v) is 13.3. The van der Waals surface area contributed by atoms with Crippen LogP contribution in [0.25, 0.3) is 10.9 Å². The van der Waals surface area contributed by atoms with Crippen LogP contribution in [0.4, 0.5) is 18.9 Å². The van der Waals surface area contributed by atoms with Crippen molar-refractivity contribution in [3.05, 3.63) is 35.5 Å². The van der Waals surface area contributed by atoms with Crippen molar-refractivity contribution in [2.75, 3.05) is 24.6 Å². The average Bonchev–Trinajstić information content (AvgIpc) is 2.59. The first-order valence-electron chi connectivity index (χ1n) is 7.90. The van der Waals surface area contributed by atoms with Gasteiger partial charge in [0.05, 0.1) is 11.1 Å². The van der Waals surface area contributed by atoms with E-state index in [0.29, 0.717) is 37.0 Å². The van der Waals surface area contributed by atoms with Crippen molar-refractivity contribution >= 4 is 22.6 Å². The third-order valence-electron chi connectivity index (χ3n) is 4.54. The van der Waals surface area contributed by atoms with E-state index < -0.39 is 17.8 Å². The number of pyridine rings is 1. The number of alkyl halides is 3. The van der Waals surface area contributed by atoms with Crippen LogP contribution in [-0.2, 0) is 6.18 Å². The number of rotatable bonds is 3. The van der Waals surface area contributed by atoms with Gasteiger partial charge in [-0.15, -0.1) is 0 Å². The van der Waals surface area contributed by atoms with Crippen LogP contribution in [0, 0.1) is 5.92 Å². The van der Waals surface area contributed by atoms with E-state index in [4.69, 9.17) is 5.11 Å². The Bertz CT molecular complexity index is 800. The molecule has 1 aliphatic heterocycles. The van der Waals surface area contributed by atoms with Gasteiger partial charge < -0.3 is 15.1 Å². The molecule has 1 aromatic heterocycles. The minimum Gasteiger partial charge on any atom is -0.478 e. The van der Waals surface area contributed by atoms with Gasteiger partial charge in [-0.25, -0.2) is 9.78 Å². The van der Waals surface area contributed by atoms with E-state index in [1.54, 1.807) is 4.90 Å². The monoisotopic (exact) mass is 354 g/mol. The van der Waals surface area contributed by atoms with Crippen molar-refractivity contribution in [1.29, 1.82) is 0 Å². The average molecular weight is 354 g/mol. The summed E-state index contributed by atoms with van der Waals surface area (Å²) in [6.45, 7) is 1.06. The minimum absolute atomic E-state index is 0.000512. The van der Waals surface area contributed by atoms with E-state index in [0.717, 1.165) is 6.07 Å². The molecule has 1 fully saturated rings. The second-order valence-electron chi connectivity index (χ2n) is 6.17. The Labute approximate surface area is 141 Å². The Morgan fingerprint density at radius 3 is 2.48 bits per heavy atom. The summed E-state index contributed by atoms with van der Waals surface area (Å²) in [4.78, 5) is 16.7. The first-order chi connectivity index (χ1) is 11.8. The van der Waals surface area contributed by atoms with E-state index in [2.05, 4.69) is 4.98 Å². The number of piperidine rings is 1. The largest absolute Gasteiger partial charge is 0.478 e. The molecular weight excluding hydrogens is 337 g/mol. The van der Waals surface area contributed by atoms with Crippen LogP contribution in [0.2, 0.25) is 0 Å². The van der Waals surface area contributed by atoms with Crippen LogP contribution in [0.3, 0.4) is 0 Å². The number of anilines is 1. The van der Waals surface area contributed by atoms with Crippen molar-refractivity contribution in [3.8, 4) is 0 Å². The molecular formula is C17H17F3N2O3. The topological polar surface area (TPSA) is 73.7 Å². The molecule has 0 saturated carbocycles. The van der Waals surface area contributed by atoms with Crippen LogP contribution < -0.4 is 4.90 Å². The number of halogens is 3. The molecule has 0 atom stereocenters. The highest BCUT2D eigenvalue weighted by Crippen LogP contribution is 2.36. The molecule has 0 unspecified atom stereocenters. The first-order valence-corrected chi connectivity index (χ1v) is 7.90. The molecule has 2 heterocycles. The number of carbonyl (C=O) groups is 1. The number of carboxylic acids is 1. The first kappa shape index (κ1) is 17.5. The van der Waals surface area contributed by atoms with E-state index >= 15 is 0 Å². The minimum atomic E-state index is -4.59. The number of hydrogen-bond acceptors (Lipinski definition) is 4. The van der Waals surface area contributed by atoms with Crippen LogP contribution in [0.5, 0.6) is 0 Å². The summed E-state index contributed by atoms with van der Waals surface area (Å²) in [5, 5.41) is 18.8. The zero-order chi connectivity index (χ0) is 18.2. The Hall–Kier alpha value is -2.35. The number of aliphatic hydroxyl groups is 1. The molecule has 8 heteroatoms. The molecule has 25 heavy (non-hydrogen) atoms. The number of aromatic carboxylic acids is 1. The molecule has 1 aromatic carbocycles. The molecule has 0 radical (unpaired) electrons. The standard InChI is InChI=1S/C17H17F3N2O3/c18-17(19,20)15-8-14(22-5-3-10(9-23)4-6-22)12-7-11(16(24)25)1-2-13(12)21-15/h1-2,7-8,10,23H,3-6,9H2,(H,24,25). The summed E-state index contributed by atoms with van der Waals surface area (Å²) < 4.78 is 39.5. The fraction of sp³-hybridized carbons (Fsp3) is 0.412. The van der Waals surface area contributed by atoms with Crippen molar-refractivity contribution in [2.45, 2.75) is 19.0 Å². The smallest absolute Gasteiger partial charge is 0.433 e. The maximum Gasteiger partial charge on any atom is 0.433 e. The zero-order valence-electron chi connectivity index (χ0n) is 13.3. The molecule has 2 N–H and O–H groups in total. The SMILES string of the molecule is O=C(O)c1ccc2nc(C(F)(F)F)cc(N3CCC(CO)CC3)c2c1. The van der Waals surface area contributed by atoms with Gasteiger partial charge in [0.1, 0.15) is 5.69 Å². The number of nitrogens with zero attached hydrogens (tertiary/aromatic N) is 2. The van der Waals surface area contributed by atoms with E-state index in [1.807, 2.05) is 0 Å². The summed E-state index contributed by atoms with van der Waals surface area (Å²) in [5.74, 6) is -1.01. The molecule has 1 aliphatic rings. The lowest BCUT2D eigenvalue weighted by molar-refractivity contribution is -0.140. The lowest BCUT2D eigenvalue weighted by Crippen LogP contribution is -2.35. The second kappa shape index (κ2) is 6.51. The molecule has 0 amide bonds. The van der Waals surface area contributed by atoms with Gasteiger partial charge in [-0.05, 0) is 43.0 Å². The predicted octanol–water partition coefficient (Wildman–Crippen LogP) is 3.16. The molecule has 134 valence electrons. The number of benzene rings is 1. The van der Waals surface area contributed by atoms with Gasteiger partial charge >= 0.3 is 12.1 Å². The van der Waals surface area contributed by atoms with Crippen molar-refractivity contribution in [2.24, 2.45) is 5.92 Å². The van der Waals surface area contributed by atoms with E-state index in [1.165, 1.54) is 18.2 Å². The highest BCUT2D eigenvalue weighted by atomic mass is 19.4. The Morgan fingerprint density at radius 2 is 1.92 bits per heavy atom. The molecule has 0 aliphatic carbocycles. The number of aliphatic hydroxyl groups excluding tert-OH is 1. The van der Waals surface area contributed by atoms with Crippen LogP contribution in [0.1, 0.15) is 28.9 Å².